The minimum Gasteiger partial charge on any atom is -0.461 e. The number of esters is 1. The largest absolute Gasteiger partial charge is 0.461 e. The number of rotatable bonds is 8. The van der Waals surface area contributed by atoms with Crippen molar-refractivity contribution in [2.24, 2.45) is 23.2 Å². The molecule has 1 N–H and O–H groups in total. The number of carbonyl (C=O) groups is 1. The molecule has 10 heteroatoms. The van der Waals surface area contributed by atoms with Crippen LogP contribution in [-0.2, 0) is 9.53 Å². The van der Waals surface area contributed by atoms with Crippen LogP contribution in [-0.4, -0.2) is 40.5 Å². The highest BCUT2D eigenvalue weighted by Crippen LogP contribution is 2.60. The van der Waals surface area contributed by atoms with E-state index in [1.807, 2.05) is 6.92 Å². The molecule has 0 spiro atoms. The topological polar surface area (TPSA) is 46.5 Å². The SMILES string of the molecule is C=C1CC[C@H](OC(=O)CBr)CC1=CC=C1CCC[C@@]2(C)C1CC[C@@H]2[C@H](C)CCCC(O)(C(F)(F)F)C(F)(F)F. The minimum absolute atomic E-state index is 0.0635. The summed E-state index contributed by atoms with van der Waals surface area (Å²) in [4.78, 5) is 11.7. The Morgan fingerprint density at radius 1 is 1.15 bits per heavy atom. The molecule has 39 heavy (non-hydrogen) atoms. The van der Waals surface area contributed by atoms with Crippen LogP contribution in [0.1, 0.15) is 84.5 Å². The summed E-state index contributed by atoms with van der Waals surface area (Å²) in [5, 5.41) is 9.65. The first-order valence-corrected chi connectivity index (χ1v) is 14.8. The molecule has 5 atom stereocenters. The Labute approximate surface area is 235 Å². The van der Waals surface area contributed by atoms with Crippen molar-refractivity contribution < 1.29 is 41.0 Å². The highest BCUT2D eigenvalue weighted by molar-refractivity contribution is 9.09. The fraction of sp³-hybridized carbons (Fsp3) is 0.759. The van der Waals surface area contributed by atoms with Crippen molar-refractivity contribution in [1.29, 1.82) is 0 Å². The average molecular weight is 630 g/mol. The third-order valence-corrected chi connectivity index (χ3v) is 9.89. The van der Waals surface area contributed by atoms with Crippen LogP contribution in [0, 0.1) is 23.2 Å². The van der Waals surface area contributed by atoms with Gasteiger partial charge in [-0.05, 0) is 86.5 Å². The molecule has 0 aromatic rings. The fourth-order valence-corrected chi connectivity index (χ4v) is 7.37. The first-order valence-electron chi connectivity index (χ1n) is 13.7. The Kier molecular flexibility index (Phi) is 10.2. The summed E-state index contributed by atoms with van der Waals surface area (Å²) in [6.45, 7) is 8.31. The van der Waals surface area contributed by atoms with Gasteiger partial charge in [0.1, 0.15) is 11.4 Å². The van der Waals surface area contributed by atoms with Gasteiger partial charge in [0, 0.05) is 6.42 Å². The summed E-state index contributed by atoms with van der Waals surface area (Å²) in [5.74, 6) is 0.130. The first kappa shape index (κ1) is 32.2. The molecule has 1 unspecified atom stereocenters. The van der Waals surface area contributed by atoms with E-state index in [2.05, 4.69) is 41.6 Å². The summed E-state index contributed by atoms with van der Waals surface area (Å²) < 4.78 is 83.9. The third-order valence-electron chi connectivity index (χ3n) is 9.44. The molecule has 3 nitrogen and oxygen atoms in total. The molecule has 0 aliphatic heterocycles. The summed E-state index contributed by atoms with van der Waals surface area (Å²) in [5.41, 5.74) is -1.33. The molecular weight excluding hydrogens is 590 g/mol. The minimum atomic E-state index is -5.77. The zero-order chi connectivity index (χ0) is 29.2. The molecule has 3 aliphatic carbocycles. The number of fused-ring (bicyclic) bond motifs is 1. The second kappa shape index (κ2) is 12.3. The Morgan fingerprint density at radius 2 is 1.82 bits per heavy atom. The molecule has 3 fully saturated rings. The van der Waals surface area contributed by atoms with E-state index in [-0.39, 0.29) is 47.5 Å². The monoisotopic (exact) mass is 628 g/mol. The van der Waals surface area contributed by atoms with Gasteiger partial charge < -0.3 is 9.84 Å². The predicted molar refractivity (Wildman–Crippen MR) is 141 cm³/mol. The zero-order valence-corrected chi connectivity index (χ0v) is 24.2. The van der Waals surface area contributed by atoms with Crippen molar-refractivity contribution in [3.8, 4) is 0 Å². The number of carbonyl (C=O) groups excluding carboxylic acids is 1. The summed E-state index contributed by atoms with van der Waals surface area (Å²) in [7, 11) is 0. The predicted octanol–water partition coefficient (Wildman–Crippen LogP) is 8.76. The van der Waals surface area contributed by atoms with Gasteiger partial charge in [0.2, 0.25) is 0 Å². The van der Waals surface area contributed by atoms with E-state index < -0.39 is 24.4 Å². The summed E-state index contributed by atoms with van der Waals surface area (Å²) >= 11 is 3.12. The van der Waals surface area contributed by atoms with Crippen LogP contribution in [0.25, 0.3) is 0 Å². The molecule has 0 heterocycles. The fourth-order valence-electron chi connectivity index (χ4n) is 7.24. The number of aliphatic hydroxyl groups is 1. The van der Waals surface area contributed by atoms with Crippen molar-refractivity contribution in [3.63, 3.8) is 0 Å². The van der Waals surface area contributed by atoms with Gasteiger partial charge in [-0.25, -0.2) is 0 Å². The van der Waals surface area contributed by atoms with E-state index in [4.69, 9.17) is 4.74 Å². The van der Waals surface area contributed by atoms with E-state index in [1.54, 1.807) is 0 Å². The van der Waals surface area contributed by atoms with E-state index in [9.17, 15) is 36.2 Å². The first-order chi connectivity index (χ1) is 18.0. The van der Waals surface area contributed by atoms with E-state index in [1.165, 1.54) is 5.57 Å². The standard InChI is InChI=1S/C29H39BrF6O3/c1-18-8-11-22(39-25(37)17-30)16-21(18)10-9-20-7-5-14-26(3)23(12-13-24(20)26)19(2)6-4-15-27(38,28(31,32)33)29(34,35)36/h9-10,19,22-24,38H,1,4-8,11-17H2,2-3H3/t19-,22+,23-,24?,26-/m1/s1. The lowest BCUT2D eigenvalue weighted by Crippen LogP contribution is -2.56. The van der Waals surface area contributed by atoms with Crippen molar-refractivity contribution >= 4 is 21.9 Å². The van der Waals surface area contributed by atoms with E-state index >= 15 is 0 Å². The Morgan fingerprint density at radius 3 is 2.44 bits per heavy atom. The lowest BCUT2D eigenvalue weighted by Gasteiger charge is -2.44. The van der Waals surface area contributed by atoms with Crippen LogP contribution in [0.5, 0.6) is 0 Å². The molecule has 3 saturated carbocycles. The summed E-state index contributed by atoms with van der Waals surface area (Å²) in [6, 6.07) is 0. The van der Waals surface area contributed by atoms with Crippen LogP contribution < -0.4 is 0 Å². The van der Waals surface area contributed by atoms with Crippen LogP contribution in [0.3, 0.4) is 0 Å². The maximum atomic E-state index is 13.1. The number of hydrogen-bond acceptors (Lipinski definition) is 3. The lowest BCUT2D eigenvalue weighted by molar-refractivity contribution is -0.370. The Balaban J connectivity index is 1.68. The molecule has 0 aromatic carbocycles. The maximum Gasteiger partial charge on any atom is 0.426 e. The number of halogens is 7. The van der Waals surface area contributed by atoms with E-state index in [0.29, 0.717) is 12.3 Å². The molecule has 222 valence electrons. The van der Waals surface area contributed by atoms with Crippen molar-refractivity contribution in [2.45, 2.75) is 109 Å². The molecule has 0 bridgehead atoms. The molecule has 3 aliphatic rings. The lowest BCUT2D eigenvalue weighted by atomic mass is 9.60. The second-order valence-electron chi connectivity index (χ2n) is 11.8. The highest BCUT2D eigenvalue weighted by Gasteiger charge is 2.69. The third kappa shape index (κ3) is 6.96. The molecule has 0 aromatic heterocycles. The van der Waals surface area contributed by atoms with Gasteiger partial charge in [-0.1, -0.05) is 66.1 Å². The van der Waals surface area contributed by atoms with Crippen molar-refractivity contribution in [1.82, 2.24) is 0 Å². The van der Waals surface area contributed by atoms with Gasteiger partial charge in [-0.3, -0.25) is 4.79 Å². The molecule has 0 saturated heterocycles. The van der Waals surface area contributed by atoms with Crippen LogP contribution in [0.15, 0.2) is 35.5 Å². The number of allylic oxidation sites excluding steroid dienone is 4. The normalized spacial score (nSPS) is 31.4. The van der Waals surface area contributed by atoms with E-state index in [0.717, 1.165) is 56.1 Å². The molecular formula is C29H39BrF6O3. The van der Waals surface area contributed by atoms with Gasteiger partial charge in [0.15, 0.2) is 0 Å². The van der Waals surface area contributed by atoms with Crippen LogP contribution >= 0.6 is 15.9 Å². The summed E-state index contributed by atoms with van der Waals surface area (Å²) in [6.07, 6.45) is -2.20. The smallest absolute Gasteiger partial charge is 0.426 e. The van der Waals surface area contributed by atoms with Crippen LogP contribution in [0.4, 0.5) is 26.3 Å². The maximum absolute atomic E-state index is 13.1. The van der Waals surface area contributed by atoms with Gasteiger partial charge in [0.25, 0.3) is 5.60 Å². The zero-order valence-electron chi connectivity index (χ0n) is 22.6. The molecule has 0 amide bonds. The van der Waals surface area contributed by atoms with Gasteiger partial charge in [-0.15, -0.1) is 0 Å². The molecule has 3 rings (SSSR count). The van der Waals surface area contributed by atoms with Gasteiger partial charge in [-0.2, -0.15) is 26.3 Å². The number of hydrogen-bond donors (Lipinski definition) is 1. The number of alkyl halides is 7. The highest BCUT2D eigenvalue weighted by atomic mass is 79.9. The van der Waals surface area contributed by atoms with Crippen LogP contribution in [0.2, 0.25) is 0 Å². The van der Waals surface area contributed by atoms with Gasteiger partial charge in [0.05, 0.1) is 0 Å². The second-order valence-corrected chi connectivity index (χ2v) is 12.4. The molecule has 0 radical (unpaired) electrons. The quantitative estimate of drug-likeness (QED) is 0.166. The Hall–Kier alpha value is -1.29. The Bertz CT molecular complexity index is 955. The number of ether oxygens (including phenoxy) is 1. The van der Waals surface area contributed by atoms with Crippen molar-refractivity contribution in [2.75, 3.05) is 5.33 Å². The van der Waals surface area contributed by atoms with Crippen molar-refractivity contribution in [3.05, 3.63) is 35.5 Å². The van der Waals surface area contributed by atoms with Gasteiger partial charge >= 0.3 is 18.3 Å². The average Bonchev–Trinajstić information content (AvgIpc) is 3.20.